The van der Waals surface area contributed by atoms with Crippen LogP contribution in [0.2, 0.25) is 0 Å². The number of amides is 1. The van der Waals surface area contributed by atoms with E-state index in [1.54, 1.807) is 30.3 Å². The zero-order valence-electron chi connectivity index (χ0n) is 23.2. The molecule has 8 heteroatoms. The monoisotopic (exact) mass is 566 g/mol. The van der Waals surface area contributed by atoms with Crippen LogP contribution in [0.4, 0.5) is 0 Å². The number of rotatable bonds is 10. The third-order valence-corrected chi connectivity index (χ3v) is 7.02. The van der Waals surface area contributed by atoms with Crippen LogP contribution in [-0.2, 0) is 18.0 Å². The maximum Gasteiger partial charge on any atom is 0.342 e. The molecule has 1 fully saturated rings. The molecule has 4 aromatic carbocycles. The number of hydrogen-bond acceptors (Lipinski definition) is 7. The van der Waals surface area contributed by atoms with Crippen molar-refractivity contribution in [1.29, 1.82) is 0 Å². The van der Waals surface area contributed by atoms with Gasteiger partial charge >= 0.3 is 5.97 Å². The lowest BCUT2D eigenvalue weighted by molar-refractivity contribution is 0.0187. The second-order valence-corrected chi connectivity index (χ2v) is 10.1. The standard InChI is InChI=1S/C34H34N2O6/c37-27-15-13-26(14-16-27)33(38)36-30-21-35-19-7-12-31(30)42-34(39)29-18-17-28(40-22-24-8-3-1-4-9-24)20-32(29)41-23-25-10-5-2-6-11-25/h1-6,8-11,13-18,20,30-31,35,37H,7,12,19,21-23H2,(H,36,38)/t30-,31-/m1/s1. The van der Waals surface area contributed by atoms with Gasteiger partial charge in [-0.1, -0.05) is 60.7 Å². The largest absolute Gasteiger partial charge is 0.508 e. The summed E-state index contributed by atoms with van der Waals surface area (Å²) in [7, 11) is 0. The fourth-order valence-electron chi connectivity index (χ4n) is 4.73. The molecule has 1 heterocycles. The van der Waals surface area contributed by atoms with Gasteiger partial charge in [0.05, 0.1) is 6.04 Å². The van der Waals surface area contributed by atoms with Crippen molar-refractivity contribution in [2.75, 3.05) is 13.1 Å². The van der Waals surface area contributed by atoms with Crippen molar-refractivity contribution in [3.63, 3.8) is 0 Å². The molecule has 5 rings (SSSR count). The average Bonchev–Trinajstić information content (AvgIpc) is 3.24. The summed E-state index contributed by atoms with van der Waals surface area (Å²) in [6, 6.07) is 30.2. The fraction of sp³-hybridized carbons (Fsp3) is 0.235. The van der Waals surface area contributed by atoms with Gasteiger partial charge in [-0.25, -0.2) is 4.79 Å². The van der Waals surface area contributed by atoms with Gasteiger partial charge in [0, 0.05) is 18.2 Å². The Morgan fingerprint density at radius 1 is 0.833 bits per heavy atom. The Hall–Kier alpha value is -4.82. The predicted molar refractivity (Wildman–Crippen MR) is 159 cm³/mol. The number of esters is 1. The van der Waals surface area contributed by atoms with Crippen molar-refractivity contribution in [2.45, 2.75) is 38.2 Å². The van der Waals surface area contributed by atoms with E-state index in [0.717, 1.165) is 24.1 Å². The Labute approximate surface area is 245 Å². The topological polar surface area (TPSA) is 106 Å². The Morgan fingerprint density at radius 3 is 2.19 bits per heavy atom. The van der Waals surface area contributed by atoms with Crippen LogP contribution < -0.4 is 20.1 Å². The van der Waals surface area contributed by atoms with Crippen LogP contribution in [-0.4, -0.2) is 42.2 Å². The van der Waals surface area contributed by atoms with E-state index in [0.29, 0.717) is 36.6 Å². The van der Waals surface area contributed by atoms with E-state index < -0.39 is 18.1 Å². The molecule has 1 aliphatic rings. The third kappa shape index (κ3) is 7.89. The molecule has 0 aliphatic carbocycles. The lowest BCUT2D eigenvalue weighted by Crippen LogP contribution is -2.49. The van der Waals surface area contributed by atoms with Crippen LogP contribution in [0.5, 0.6) is 17.2 Å². The van der Waals surface area contributed by atoms with E-state index in [1.165, 1.54) is 12.1 Å². The van der Waals surface area contributed by atoms with Gasteiger partial charge in [0.15, 0.2) is 0 Å². The Balaban J connectivity index is 1.32. The summed E-state index contributed by atoms with van der Waals surface area (Å²) < 4.78 is 18.2. The maximum absolute atomic E-state index is 13.6. The SMILES string of the molecule is O=C(N[C@@H]1CNCCC[C@H]1OC(=O)c1ccc(OCc2ccccc2)cc1OCc1ccccc1)c1ccc(O)cc1. The number of benzene rings is 4. The van der Waals surface area contributed by atoms with Crippen molar-refractivity contribution in [3.05, 3.63) is 125 Å². The van der Waals surface area contributed by atoms with Crippen LogP contribution in [0.1, 0.15) is 44.7 Å². The molecule has 42 heavy (non-hydrogen) atoms. The summed E-state index contributed by atoms with van der Waals surface area (Å²) in [4.78, 5) is 26.5. The molecule has 0 unspecified atom stereocenters. The quantitative estimate of drug-likeness (QED) is 0.225. The minimum absolute atomic E-state index is 0.0799. The van der Waals surface area contributed by atoms with Gasteiger partial charge in [-0.05, 0) is 66.9 Å². The van der Waals surface area contributed by atoms with Gasteiger partial charge in [0.25, 0.3) is 5.91 Å². The first kappa shape index (κ1) is 28.7. The number of nitrogens with one attached hydrogen (secondary N) is 2. The molecular weight excluding hydrogens is 532 g/mol. The Bertz CT molecular complexity index is 1460. The van der Waals surface area contributed by atoms with E-state index >= 15 is 0 Å². The molecule has 216 valence electrons. The summed E-state index contributed by atoms with van der Waals surface area (Å²) in [6.45, 7) is 1.84. The second-order valence-electron chi connectivity index (χ2n) is 10.1. The van der Waals surface area contributed by atoms with Gasteiger partial charge in [-0.2, -0.15) is 0 Å². The van der Waals surface area contributed by atoms with E-state index in [4.69, 9.17) is 14.2 Å². The number of hydrogen-bond donors (Lipinski definition) is 3. The molecule has 1 aliphatic heterocycles. The number of carbonyl (C=O) groups is 2. The van der Waals surface area contributed by atoms with Crippen molar-refractivity contribution in [2.24, 2.45) is 0 Å². The number of carbonyl (C=O) groups excluding carboxylic acids is 2. The average molecular weight is 567 g/mol. The Morgan fingerprint density at radius 2 is 1.50 bits per heavy atom. The highest BCUT2D eigenvalue weighted by Gasteiger charge is 2.30. The van der Waals surface area contributed by atoms with E-state index in [-0.39, 0.29) is 23.8 Å². The molecule has 1 amide bonds. The van der Waals surface area contributed by atoms with Crippen LogP contribution in [0.25, 0.3) is 0 Å². The van der Waals surface area contributed by atoms with Crippen LogP contribution >= 0.6 is 0 Å². The van der Waals surface area contributed by atoms with E-state index in [1.807, 2.05) is 60.7 Å². The molecule has 0 spiro atoms. The smallest absolute Gasteiger partial charge is 0.342 e. The molecule has 4 aromatic rings. The normalized spacial score (nSPS) is 16.6. The molecule has 8 nitrogen and oxygen atoms in total. The van der Waals surface area contributed by atoms with Crippen molar-refractivity contribution >= 4 is 11.9 Å². The Kier molecular flexibility index (Phi) is 9.69. The lowest BCUT2D eigenvalue weighted by Gasteiger charge is -2.26. The molecular formula is C34H34N2O6. The number of aromatic hydroxyl groups is 1. The fourth-order valence-corrected chi connectivity index (χ4v) is 4.73. The molecule has 1 saturated heterocycles. The molecule has 3 N–H and O–H groups in total. The van der Waals surface area contributed by atoms with E-state index in [2.05, 4.69) is 10.6 Å². The van der Waals surface area contributed by atoms with Gasteiger partial charge in [-0.3, -0.25) is 4.79 Å². The predicted octanol–water partition coefficient (Wildman–Crippen LogP) is 5.26. The molecule has 0 aromatic heterocycles. The maximum atomic E-state index is 13.6. The summed E-state index contributed by atoms with van der Waals surface area (Å²) in [6.07, 6.45) is 0.815. The van der Waals surface area contributed by atoms with Gasteiger partial charge in [-0.15, -0.1) is 0 Å². The van der Waals surface area contributed by atoms with Gasteiger partial charge < -0.3 is 30.0 Å². The summed E-state index contributed by atoms with van der Waals surface area (Å²) in [5.41, 5.74) is 2.66. The summed E-state index contributed by atoms with van der Waals surface area (Å²) in [5.74, 6) is 0.151. The zero-order chi connectivity index (χ0) is 29.1. The molecule has 0 bridgehead atoms. The number of ether oxygens (including phenoxy) is 3. The first-order valence-corrected chi connectivity index (χ1v) is 14.0. The van der Waals surface area contributed by atoms with E-state index in [9.17, 15) is 14.7 Å². The highest BCUT2D eigenvalue weighted by molar-refractivity contribution is 5.95. The van der Waals surface area contributed by atoms with Crippen molar-refractivity contribution in [3.8, 4) is 17.2 Å². The zero-order valence-corrected chi connectivity index (χ0v) is 23.2. The number of phenols is 1. The molecule has 0 radical (unpaired) electrons. The van der Waals surface area contributed by atoms with Crippen LogP contribution in [0, 0.1) is 0 Å². The van der Waals surface area contributed by atoms with Crippen LogP contribution in [0.3, 0.4) is 0 Å². The summed E-state index contributed by atoms with van der Waals surface area (Å²) >= 11 is 0. The second kappa shape index (κ2) is 14.2. The molecule has 0 saturated carbocycles. The first-order chi connectivity index (χ1) is 20.5. The van der Waals surface area contributed by atoms with Gasteiger partial charge in [0.2, 0.25) is 0 Å². The lowest BCUT2D eigenvalue weighted by atomic mass is 10.1. The highest BCUT2D eigenvalue weighted by Crippen LogP contribution is 2.28. The number of phenolic OH excluding ortho intramolecular Hbond substituents is 1. The minimum Gasteiger partial charge on any atom is -0.508 e. The summed E-state index contributed by atoms with van der Waals surface area (Å²) in [5, 5.41) is 15.9. The van der Waals surface area contributed by atoms with Crippen LogP contribution in [0.15, 0.2) is 103 Å². The minimum atomic E-state index is -0.551. The highest BCUT2D eigenvalue weighted by atomic mass is 16.5. The van der Waals surface area contributed by atoms with Crippen molar-refractivity contribution < 1.29 is 28.9 Å². The first-order valence-electron chi connectivity index (χ1n) is 14.0. The molecule has 2 atom stereocenters. The third-order valence-electron chi connectivity index (χ3n) is 7.02. The van der Waals surface area contributed by atoms with Gasteiger partial charge in [0.1, 0.15) is 42.1 Å². The van der Waals surface area contributed by atoms with Crippen molar-refractivity contribution in [1.82, 2.24) is 10.6 Å².